The molecule has 0 amide bonds. The molecule has 0 spiro atoms. The number of carboxylic acid groups (broad SMARTS) is 1. The van der Waals surface area contributed by atoms with Gasteiger partial charge in [-0.05, 0) is 24.3 Å². The lowest BCUT2D eigenvalue weighted by atomic mass is 10.2. The third-order valence-electron chi connectivity index (χ3n) is 4.24. The van der Waals surface area contributed by atoms with E-state index in [1.807, 2.05) is 6.07 Å². The summed E-state index contributed by atoms with van der Waals surface area (Å²) in [7, 11) is 1.63. The molecule has 0 aliphatic carbocycles. The molecule has 0 aliphatic heterocycles. The van der Waals surface area contributed by atoms with Crippen LogP contribution < -0.4 is 16.2 Å². The zero-order chi connectivity index (χ0) is 21.3. The average Bonchev–Trinajstić information content (AvgIpc) is 3.19. The van der Waals surface area contributed by atoms with E-state index in [1.165, 1.54) is 23.0 Å². The van der Waals surface area contributed by atoms with Gasteiger partial charge in [0.25, 0.3) is 11.3 Å². The molecule has 148 valence electrons. The maximum atomic E-state index is 13.0. The summed E-state index contributed by atoms with van der Waals surface area (Å²) in [5.41, 5.74) is 0.664. The zero-order valence-corrected chi connectivity index (χ0v) is 15.4. The molecule has 11 nitrogen and oxygen atoms in total. The molecule has 4 rings (SSSR count). The Balaban J connectivity index is 1.81. The molecular formula is C19H13N7O4. The second-order valence-corrected chi connectivity index (χ2v) is 6.03. The highest BCUT2D eigenvalue weighted by atomic mass is 16.5. The Kier molecular flexibility index (Phi) is 4.57. The highest BCUT2D eigenvalue weighted by Crippen LogP contribution is 2.27. The SMILES string of the molecule is CNc1cc(Nc2cccn(-c3ncccc3C#N)c2=O)nc2c(C(=O)O)onc12. The molecule has 11 heteroatoms. The Morgan fingerprint density at radius 1 is 1.27 bits per heavy atom. The van der Waals surface area contributed by atoms with Crippen LogP contribution in [0.1, 0.15) is 16.1 Å². The largest absolute Gasteiger partial charge is 0.475 e. The Morgan fingerprint density at radius 2 is 2.10 bits per heavy atom. The van der Waals surface area contributed by atoms with Crippen LogP contribution in [0.5, 0.6) is 0 Å². The molecule has 0 radical (unpaired) electrons. The maximum Gasteiger partial charge on any atom is 0.377 e. The van der Waals surface area contributed by atoms with Crippen LogP contribution in [0, 0.1) is 11.3 Å². The minimum atomic E-state index is -1.31. The minimum absolute atomic E-state index is 0.0320. The standard InChI is InChI=1S/C19H13N7O4/c1-21-12-8-13(24-15-14(12)25-30-16(15)19(28)29)23-11-5-3-7-26(18(11)27)17-10(9-20)4-2-6-22-17/h2-8,21H,1H3,(H,23,24)(H,28,29). The van der Waals surface area contributed by atoms with Crippen molar-refractivity contribution in [3.8, 4) is 11.9 Å². The van der Waals surface area contributed by atoms with Gasteiger partial charge in [0.1, 0.15) is 23.1 Å². The van der Waals surface area contributed by atoms with Gasteiger partial charge in [0, 0.05) is 25.5 Å². The fraction of sp³-hybridized carbons (Fsp3) is 0.0526. The molecule has 0 saturated carbocycles. The van der Waals surface area contributed by atoms with Crippen molar-refractivity contribution in [1.29, 1.82) is 5.26 Å². The molecule has 0 bridgehead atoms. The second kappa shape index (κ2) is 7.36. The number of nitriles is 1. The monoisotopic (exact) mass is 403 g/mol. The van der Waals surface area contributed by atoms with Gasteiger partial charge in [-0.1, -0.05) is 5.16 Å². The maximum absolute atomic E-state index is 13.0. The molecule has 4 aromatic rings. The van der Waals surface area contributed by atoms with Crippen LogP contribution in [-0.2, 0) is 0 Å². The van der Waals surface area contributed by atoms with Crippen molar-refractivity contribution in [3.05, 3.63) is 64.4 Å². The molecule has 30 heavy (non-hydrogen) atoms. The lowest BCUT2D eigenvalue weighted by molar-refractivity contribution is 0.0655. The van der Waals surface area contributed by atoms with Crippen LogP contribution in [0.4, 0.5) is 17.2 Å². The van der Waals surface area contributed by atoms with E-state index in [2.05, 4.69) is 25.8 Å². The summed E-state index contributed by atoms with van der Waals surface area (Å²) < 4.78 is 6.10. The topological polar surface area (TPSA) is 159 Å². The van der Waals surface area contributed by atoms with Gasteiger partial charge in [-0.2, -0.15) is 5.26 Å². The van der Waals surface area contributed by atoms with Gasteiger partial charge >= 0.3 is 5.97 Å². The average molecular weight is 403 g/mol. The van der Waals surface area contributed by atoms with Crippen LogP contribution in [-0.4, -0.2) is 37.8 Å². The summed E-state index contributed by atoms with van der Waals surface area (Å²) in [6.07, 6.45) is 2.98. The number of hydrogen-bond donors (Lipinski definition) is 3. The Hall–Kier alpha value is -4.72. The van der Waals surface area contributed by atoms with Gasteiger partial charge in [-0.25, -0.2) is 14.8 Å². The number of rotatable bonds is 5. The third-order valence-corrected chi connectivity index (χ3v) is 4.24. The third kappa shape index (κ3) is 3.08. The lowest BCUT2D eigenvalue weighted by Crippen LogP contribution is -2.22. The van der Waals surface area contributed by atoms with Crippen LogP contribution in [0.2, 0.25) is 0 Å². The molecule has 0 unspecified atom stereocenters. The summed E-state index contributed by atoms with van der Waals surface area (Å²) in [6, 6.07) is 9.87. The van der Waals surface area contributed by atoms with Crippen LogP contribution >= 0.6 is 0 Å². The summed E-state index contributed by atoms with van der Waals surface area (Å²) in [5.74, 6) is -1.33. The fourth-order valence-corrected chi connectivity index (χ4v) is 2.89. The van der Waals surface area contributed by atoms with E-state index in [9.17, 15) is 20.0 Å². The zero-order valence-electron chi connectivity index (χ0n) is 15.4. The predicted octanol–water partition coefficient (Wildman–Crippen LogP) is 2.12. The Labute approximate surface area is 168 Å². The summed E-state index contributed by atoms with van der Waals surface area (Å²) >= 11 is 0. The number of hydrogen-bond acceptors (Lipinski definition) is 9. The Bertz CT molecular complexity index is 1380. The number of nitrogens with zero attached hydrogens (tertiary/aromatic N) is 5. The molecule has 0 atom stereocenters. The van der Waals surface area contributed by atoms with Gasteiger partial charge in [0.2, 0.25) is 0 Å². The first-order chi connectivity index (χ1) is 14.5. The molecule has 0 aromatic carbocycles. The van der Waals surface area contributed by atoms with Crippen LogP contribution in [0.3, 0.4) is 0 Å². The predicted molar refractivity (Wildman–Crippen MR) is 106 cm³/mol. The van der Waals surface area contributed by atoms with E-state index in [-0.39, 0.29) is 33.9 Å². The van der Waals surface area contributed by atoms with E-state index >= 15 is 0 Å². The molecule has 3 N–H and O–H groups in total. The summed E-state index contributed by atoms with van der Waals surface area (Å²) in [5, 5.41) is 28.1. The van der Waals surface area contributed by atoms with Crippen molar-refractivity contribution in [2.75, 3.05) is 17.7 Å². The van der Waals surface area contributed by atoms with Gasteiger partial charge in [-0.15, -0.1) is 0 Å². The summed E-state index contributed by atoms with van der Waals surface area (Å²) in [4.78, 5) is 32.7. The van der Waals surface area contributed by atoms with Crippen molar-refractivity contribution >= 4 is 34.2 Å². The van der Waals surface area contributed by atoms with E-state index < -0.39 is 17.3 Å². The first-order valence-corrected chi connectivity index (χ1v) is 8.59. The van der Waals surface area contributed by atoms with Crippen molar-refractivity contribution in [1.82, 2.24) is 19.7 Å². The normalized spacial score (nSPS) is 10.5. The number of nitrogens with one attached hydrogen (secondary N) is 2. The number of aromatic nitrogens is 4. The van der Waals surface area contributed by atoms with E-state index in [1.54, 1.807) is 31.3 Å². The number of fused-ring (bicyclic) bond motifs is 1. The molecule has 0 fully saturated rings. The quantitative estimate of drug-likeness (QED) is 0.450. The number of carboxylic acids is 1. The van der Waals surface area contributed by atoms with Crippen molar-refractivity contribution < 1.29 is 14.4 Å². The first kappa shape index (κ1) is 18.6. The first-order valence-electron chi connectivity index (χ1n) is 8.59. The minimum Gasteiger partial charge on any atom is -0.475 e. The number of pyridine rings is 3. The van der Waals surface area contributed by atoms with E-state index in [4.69, 9.17) is 4.52 Å². The number of carbonyl (C=O) groups is 1. The highest BCUT2D eigenvalue weighted by molar-refractivity contribution is 6.02. The molecular weight excluding hydrogens is 390 g/mol. The van der Waals surface area contributed by atoms with E-state index in [0.717, 1.165) is 0 Å². The molecule has 0 saturated heterocycles. The smallest absolute Gasteiger partial charge is 0.377 e. The number of aromatic carboxylic acids is 1. The van der Waals surface area contributed by atoms with Crippen LogP contribution in [0.15, 0.2) is 52.0 Å². The van der Waals surface area contributed by atoms with Gasteiger partial charge in [0.05, 0.1) is 11.3 Å². The van der Waals surface area contributed by atoms with Crippen molar-refractivity contribution in [2.45, 2.75) is 0 Å². The fourth-order valence-electron chi connectivity index (χ4n) is 2.89. The van der Waals surface area contributed by atoms with Crippen molar-refractivity contribution in [3.63, 3.8) is 0 Å². The van der Waals surface area contributed by atoms with Crippen LogP contribution in [0.25, 0.3) is 16.9 Å². The van der Waals surface area contributed by atoms with Gasteiger partial charge in [-0.3, -0.25) is 9.36 Å². The Morgan fingerprint density at radius 3 is 2.83 bits per heavy atom. The molecule has 0 aliphatic rings. The highest BCUT2D eigenvalue weighted by Gasteiger charge is 2.21. The van der Waals surface area contributed by atoms with E-state index in [0.29, 0.717) is 5.69 Å². The van der Waals surface area contributed by atoms with Crippen molar-refractivity contribution in [2.24, 2.45) is 0 Å². The van der Waals surface area contributed by atoms with Gasteiger partial charge < -0.3 is 20.3 Å². The number of anilines is 3. The molecule has 4 aromatic heterocycles. The summed E-state index contributed by atoms with van der Waals surface area (Å²) in [6.45, 7) is 0. The molecule has 4 heterocycles. The lowest BCUT2D eigenvalue weighted by Gasteiger charge is -2.11. The van der Waals surface area contributed by atoms with Gasteiger partial charge in [0.15, 0.2) is 11.3 Å². The second-order valence-electron chi connectivity index (χ2n) is 6.03.